The Morgan fingerprint density at radius 1 is 1.44 bits per heavy atom. The van der Waals surface area contributed by atoms with Crippen LogP contribution in [0.3, 0.4) is 0 Å². The number of carbonyl (C=O) groups excluding carboxylic acids is 1. The maximum absolute atomic E-state index is 11.4. The first kappa shape index (κ1) is 14.8. The van der Waals surface area contributed by atoms with Crippen LogP contribution in [0.1, 0.15) is 23.7 Å². The fraction of sp³-hybridized carbons (Fsp3) is 0.462. The molecule has 0 heterocycles. The lowest BCUT2D eigenvalue weighted by molar-refractivity contribution is 0.0601. The van der Waals surface area contributed by atoms with E-state index in [1.54, 1.807) is 25.3 Å². The van der Waals surface area contributed by atoms with Gasteiger partial charge in [-0.2, -0.15) is 0 Å². The molecular weight excluding hydrogens is 254 g/mol. The topological polar surface area (TPSA) is 47.6 Å². The lowest BCUT2D eigenvalue weighted by Crippen LogP contribution is -2.17. The molecule has 0 aliphatic rings. The zero-order valence-electron chi connectivity index (χ0n) is 10.8. The Kier molecular flexibility index (Phi) is 5.95. The predicted octanol–water partition coefficient (Wildman–Crippen LogP) is 2.96. The zero-order chi connectivity index (χ0) is 13.5. The van der Waals surface area contributed by atoms with Crippen LogP contribution in [0.5, 0.6) is 0 Å². The molecular formula is C13H18ClNO3. The van der Waals surface area contributed by atoms with Gasteiger partial charge in [0.15, 0.2) is 0 Å². The smallest absolute Gasteiger partial charge is 0.337 e. The Balaban J connectivity index is 2.77. The molecule has 0 amide bonds. The normalized spacial score (nSPS) is 12.0. The Morgan fingerprint density at radius 2 is 2.17 bits per heavy atom. The van der Waals surface area contributed by atoms with Crippen LogP contribution in [0.25, 0.3) is 0 Å². The van der Waals surface area contributed by atoms with Crippen molar-refractivity contribution in [3.05, 3.63) is 28.8 Å². The molecule has 0 bridgehead atoms. The van der Waals surface area contributed by atoms with Gasteiger partial charge in [-0.25, -0.2) is 4.79 Å². The van der Waals surface area contributed by atoms with Crippen LogP contribution in [0.2, 0.25) is 5.02 Å². The van der Waals surface area contributed by atoms with E-state index in [2.05, 4.69) is 10.1 Å². The summed E-state index contributed by atoms with van der Waals surface area (Å²) in [6.45, 7) is 2.70. The molecule has 1 atom stereocenters. The van der Waals surface area contributed by atoms with Gasteiger partial charge in [-0.05, 0) is 31.5 Å². The number of hydrogen-bond donors (Lipinski definition) is 1. The van der Waals surface area contributed by atoms with E-state index < -0.39 is 0 Å². The highest BCUT2D eigenvalue weighted by Gasteiger charge is 2.10. The monoisotopic (exact) mass is 271 g/mol. The predicted molar refractivity (Wildman–Crippen MR) is 72.4 cm³/mol. The number of halogens is 1. The van der Waals surface area contributed by atoms with Gasteiger partial charge in [-0.1, -0.05) is 11.6 Å². The minimum atomic E-state index is -0.376. The van der Waals surface area contributed by atoms with Gasteiger partial charge in [-0.3, -0.25) is 0 Å². The van der Waals surface area contributed by atoms with E-state index in [0.717, 1.165) is 12.1 Å². The molecule has 0 aliphatic carbocycles. The SMILES string of the molecule is COCCC(C)Nc1cc(C(=O)OC)ccc1Cl. The second-order valence-electron chi connectivity index (χ2n) is 4.01. The first-order valence-corrected chi connectivity index (χ1v) is 6.09. The van der Waals surface area contributed by atoms with Gasteiger partial charge < -0.3 is 14.8 Å². The van der Waals surface area contributed by atoms with Crippen molar-refractivity contribution < 1.29 is 14.3 Å². The van der Waals surface area contributed by atoms with Gasteiger partial charge in [0.05, 0.1) is 23.4 Å². The van der Waals surface area contributed by atoms with Gasteiger partial charge >= 0.3 is 5.97 Å². The number of nitrogens with one attached hydrogen (secondary N) is 1. The highest BCUT2D eigenvalue weighted by molar-refractivity contribution is 6.33. The average Bonchev–Trinajstić information content (AvgIpc) is 2.38. The molecule has 0 saturated heterocycles. The highest BCUT2D eigenvalue weighted by atomic mass is 35.5. The molecule has 0 aromatic heterocycles. The minimum Gasteiger partial charge on any atom is -0.465 e. The van der Waals surface area contributed by atoms with Crippen molar-refractivity contribution in [3.63, 3.8) is 0 Å². The Labute approximate surface area is 112 Å². The van der Waals surface area contributed by atoms with E-state index in [1.165, 1.54) is 7.11 Å². The van der Waals surface area contributed by atoms with Crippen LogP contribution in [0.15, 0.2) is 18.2 Å². The maximum atomic E-state index is 11.4. The van der Waals surface area contributed by atoms with Crippen LogP contribution >= 0.6 is 11.6 Å². The summed E-state index contributed by atoms with van der Waals surface area (Å²) in [7, 11) is 3.02. The van der Waals surface area contributed by atoms with Crippen molar-refractivity contribution in [2.45, 2.75) is 19.4 Å². The third-order valence-corrected chi connectivity index (χ3v) is 2.87. The number of esters is 1. The van der Waals surface area contributed by atoms with Crippen molar-refractivity contribution in [1.82, 2.24) is 0 Å². The van der Waals surface area contributed by atoms with Crippen LogP contribution in [-0.2, 0) is 9.47 Å². The zero-order valence-corrected chi connectivity index (χ0v) is 11.6. The third-order valence-electron chi connectivity index (χ3n) is 2.54. The highest BCUT2D eigenvalue weighted by Crippen LogP contribution is 2.24. The summed E-state index contributed by atoms with van der Waals surface area (Å²) in [6, 6.07) is 5.21. The number of ether oxygens (including phenoxy) is 2. The number of anilines is 1. The lowest BCUT2D eigenvalue weighted by atomic mass is 10.1. The minimum absolute atomic E-state index is 0.204. The molecule has 0 spiro atoms. The first-order chi connectivity index (χ1) is 8.58. The summed E-state index contributed by atoms with van der Waals surface area (Å²) in [4.78, 5) is 11.4. The third kappa shape index (κ3) is 4.20. The van der Waals surface area contributed by atoms with E-state index in [4.69, 9.17) is 16.3 Å². The Hall–Kier alpha value is -1.26. The summed E-state index contributed by atoms with van der Waals surface area (Å²) in [5.41, 5.74) is 1.20. The molecule has 1 rings (SSSR count). The number of rotatable bonds is 6. The van der Waals surface area contributed by atoms with E-state index in [1.807, 2.05) is 6.92 Å². The van der Waals surface area contributed by atoms with E-state index >= 15 is 0 Å². The van der Waals surface area contributed by atoms with Crippen molar-refractivity contribution in [3.8, 4) is 0 Å². The maximum Gasteiger partial charge on any atom is 0.337 e. The van der Waals surface area contributed by atoms with E-state index in [9.17, 15) is 4.79 Å². The van der Waals surface area contributed by atoms with Gasteiger partial charge in [0.1, 0.15) is 0 Å². The molecule has 1 unspecified atom stereocenters. The average molecular weight is 272 g/mol. The number of benzene rings is 1. The largest absolute Gasteiger partial charge is 0.465 e. The summed E-state index contributed by atoms with van der Waals surface area (Å²) >= 11 is 6.08. The molecule has 0 saturated carbocycles. The van der Waals surface area contributed by atoms with Crippen LogP contribution < -0.4 is 5.32 Å². The van der Waals surface area contributed by atoms with Crippen molar-refractivity contribution >= 4 is 23.3 Å². The Bertz CT molecular complexity index is 409. The standard InChI is InChI=1S/C13H18ClNO3/c1-9(6-7-17-2)15-12-8-10(13(16)18-3)4-5-11(12)14/h4-5,8-9,15H,6-7H2,1-3H3. The van der Waals surface area contributed by atoms with Gasteiger partial charge in [0, 0.05) is 19.8 Å². The summed E-state index contributed by atoms with van der Waals surface area (Å²) in [5, 5.41) is 3.82. The number of hydrogen-bond acceptors (Lipinski definition) is 4. The van der Waals surface area contributed by atoms with Gasteiger partial charge in [-0.15, -0.1) is 0 Å². The Morgan fingerprint density at radius 3 is 2.78 bits per heavy atom. The van der Waals surface area contributed by atoms with Crippen molar-refractivity contribution in [2.24, 2.45) is 0 Å². The molecule has 0 radical (unpaired) electrons. The molecule has 18 heavy (non-hydrogen) atoms. The summed E-state index contributed by atoms with van der Waals surface area (Å²) in [5.74, 6) is -0.376. The van der Waals surface area contributed by atoms with Gasteiger partial charge in [0.2, 0.25) is 0 Å². The quantitative estimate of drug-likeness (QED) is 0.808. The second kappa shape index (κ2) is 7.24. The molecule has 0 aliphatic heterocycles. The van der Waals surface area contributed by atoms with Gasteiger partial charge in [0.25, 0.3) is 0 Å². The molecule has 4 nitrogen and oxygen atoms in total. The molecule has 5 heteroatoms. The summed E-state index contributed by atoms with van der Waals surface area (Å²) < 4.78 is 9.68. The fourth-order valence-electron chi connectivity index (χ4n) is 1.51. The molecule has 1 N–H and O–H groups in total. The number of methoxy groups -OCH3 is 2. The molecule has 100 valence electrons. The van der Waals surface area contributed by atoms with Crippen LogP contribution in [-0.4, -0.2) is 32.8 Å². The van der Waals surface area contributed by atoms with Crippen molar-refractivity contribution in [1.29, 1.82) is 0 Å². The molecule has 1 aromatic carbocycles. The molecule has 0 fully saturated rings. The van der Waals surface area contributed by atoms with E-state index in [-0.39, 0.29) is 12.0 Å². The lowest BCUT2D eigenvalue weighted by Gasteiger charge is -2.16. The first-order valence-electron chi connectivity index (χ1n) is 5.71. The van der Waals surface area contributed by atoms with Crippen LogP contribution in [0.4, 0.5) is 5.69 Å². The number of carbonyl (C=O) groups is 1. The van der Waals surface area contributed by atoms with Crippen LogP contribution in [0, 0.1) is 0 Å². The second-order valence-corrected chi connectivity index (χ2v) is 4.42. The summed E-state index contributed by atoms with van der Waals surface area (Å²) in [6.07, 6.45) is 0.856. The fourth-order valence-corrected chi connectivity index (χ4v) is 1.69. The van der Waals surface area contributed by atoms with E-state index in [0.29, 0.717) is 17.2 Å². The molecule has 1 aromatic rings. The van der Waals surface area contributed by atoms with Crippen molar-refractivity contribution in [2.75, 3.05) is 26.1 Å².